The normalized spacial score (nSPS) is 14.5. The van der Waals surface area contributed by atoms with Crippen molar-refractivity contribution < 1.29 is 19.7 Å². The van der Waals surface area contributed by atoms with Crippen LogP contribution in [0.15, 0.2) is 30.3 Å². The molecule has 0 aliphatic heterocycles. The molecule has 2 N–H and O–H groups in total. The van der Waals surface area contributed by atoms with E-state index in [9.17, 15) is 5.11 Å². The summed E-state index contributed by atoms with van der Waals surface area (Å²) < 4.78 is 7.00. The van der Waals surface area contributed by atoms with Gasteiger partial charge in [-0.3, -0.25) is 4.79 Å². The minimum absolute atomic E-state index is 0.222. The van der Waals surface area contributed by atoms with E-state index in [4.69, 9.17) is 21.1 Å². The van der Waals surface area contributed by atoms with Gasteiger partial charge in [0.2, 0.25) is 0 Å². The van der Waals surface area contributed by atoms with Crippen LogP contribution in [0.3, 0.4) is 0 Å². The van der Waals surface area contributed by atoms with Crippen LogP contribution in [-0.2, 0) is 9.53 Å². The Hall–Kier alpha value is -1.31. The number of terminal acetylenes is 1. The molecule has 0 aromatic heterocycles. The Bertz CT molecular complexity index is 528. The Morgan fingerprint density at radius 3 is 2.25 bits per heavy atom. The Balaban J connectivity index is 0.00000118. The summed E-state index contributed by atoms with van der Waals surface area (Å²) in [5, 5.41) is 17.4. The van der Waals surface area contributed by atoms with Gasteiger partial charge in [0.25, 0.3) is 5.97 Å². The van der Waals surface area contributed by atoms with Crippen molar-refractivity contribution in [1.82, 2.24) is 0 Å². The average molecular weight is 399 g/mol. The van der Waals surface area contributed by atoms with Crippen LogP contribution in [0.4, 0.5) is 0 Å². The maximum Gasteiger partial charge on any atom is 0.300 e. The smallest absolute Gasteiger partial charge is 0.300 e. The van der Waals surface area contributed by atoms with E-state index in [2.05, 4.69) is 44.0 Å². The van der Waals surface area contributed by atoms with E-state index in [1.165, 1.54) is 4.46 Å². The van der Waals surface area contributed by atoms with Crippen LogP contribution in [0.2, 0.25) is 4.82 Å². The maximum atomic E-state index is 10.0. The number of benzene rings is 1. The molecule has 0 aliphatic carbocycles. The van der Waals surface area contributed by atoms with Crippen LogP contribution >= 0.6 is 0 Å². The first kappa shape index (κ1) is 22.7. The number of methoxy groups -OCH3 is 1. The van der Waals surface area contributed by atoms with E-state index in [-0.39, 0.29) is 20.6 Å². The number of hydrogen-bond acceptors (Lipinski definition) is 3. The van der Waals surface area contributed by atoms with Crippen molar-refractivity contribution in [2.75, 3.05) is 7.11 Å². The second kappa shape index (κ2) is 10.5. The predicted molar refractivity (Wildman–Crippen MR) is 98.7 cm³/mol. The molecule has 4 nitrogen and oxygen atoms in total. The van der Waals surface area contributed by atoms with Crippen molar-refractivity contribution in [1.29, 1.82) is 0 Å². The molecule has 0 saturated heterocycles. The van der Waals surface area contributed by atoms with Crippen molar-refractivity contribution in [3.05, 3.63) is 30.3 Å². The molecule has 2 unspecified atom stereocenters. The van der Waals surface area contributed by atoms with Gasteiger partial charge in [-0.1, -0.05) is 0 Å². The van der Waals surface area contributed by atoms with E-state index >= 15 is 0 Å². The van der Waals surface area contributed by atoms with Crippen molar-refractivity contribution in [2.45, 2.75) is 56.6 Å². The van der Waals surface area contributed by atoms with Crippen LogP contribution in [0.5, 0.6) is 0 Å². The van der Waals surface area contributed by atoms with E-state index in [1.807, 2.05) is 6.07 Å². The molecule has 134 valence electrons. The molecule has 1 rings (SSSR count). The van der Waals surface area contributed by atoms with Crippen molar-refractivity contribution in [2.24, 2.45) is 0 Å². The summed E-state index contributed by atoms with van der Waals surface area (Å²) in [4.78, 5) is 9.36. The van der Waals surface area contributed by atoms with E-state index in [1.54, 1.807) is 14.0 Å². The Kier molecular flexibility index (Phi) is 9.96. The zero-order chi connectivity index (χ0) is 18.8. The fraction of sp³-hybridized carbons (Fsp3) is 0.526. The number of aliphatic hydroxyl groups is 1. The molecule has 0 bridgehead atoms. The van der Waals surface area contributed by atoms with Gasteiger partial charge < -0.3 is 5.11 Å². The van der Waals surface area contributed by atoms with Crippen LogP contribution in [-0.4, -0.2) is 49.5 Å². The molecule has 0 fully saturated rings. The fourth-order valence-electron chi connectivity index (χ4n) is 1.83. The van der Waals surface area contributed by atoms with Gasteiger partial charge in [0.1, 0.15) is 0 Å². The largest absolute Gasteiger partial charge is 0.481 e. The number of carboxylic acids is 1. The fourth-order valence-corrected chi connectivity index (χ4v) is 4.47. The number of carboxylic acid groups (broad SMARTS) is 1. The van der Waals surface area contributed by atoms with Crippen LogP contribution < -0.4 is 4.46 Å². The summed E-state index contributed by atoms with van der Waals surface area (Å²) in [6.07, 6.45) is 6.81. The third-order valence-corrected chi connectivity index (χ3v) is 6.95. The first-order valence-corrected chi connectivity index (χ1v) is 9.55. The molecule has 0 radical (unpaired) electrons. The topological polar surface area (TPSA) is 66.8 Å². The Labute approximate surface area is 151 Å². The molecular weight excluding hydrogens is 371 g/mol. The second-order valence-corrected chi connectivity index (χ2v) is 8.88. The summed E-state index contributed by atoms with van der Waals surface area (Å²) in [5.74, 6) is 1.62. The van der Waals surface area contributed by atoms with Crippen LogP contribution in [0.25, 0.3) is 0 Å². The molecule has 5 heteroatoms. The quantitative estimate of drug-likeness (QED) is 0.546. The zero-order valence-corrected chi connectivity index (χ0v) is 16.8. The monoisotopic (exact) mass is 400 g/mol. The summed E-state index contributed by atoms with van der Waals surface area (Å²) in [6.45, 7) is 6.99. The number of hydrogen-bond donors (Lipinski definition) is 2. The first-order chi connectivity index (χ1) is 11.0. The van der Waals surface area contributed by atoms with Gasteiger partial charge in [-0.2, -0.15) is 0 Å². The molecule has 0 amide bonds. The molecule has 0 heterocycles. The van der Waals surface area contributed by atoms with E-state index in [0.717, 1.165) is 13.3 Å². The first-order valence-electron chi connectivity index (χ1n) is 7.70. The van der Waals surface area contributed by atoms with Gasteiger partial charge in [0.15, 0.2) is 0 Å². The van der Waals surface area contributed by atoms with Gasteiger partial charge in [0.05, 0.1) is 0 Å². The van der Waals surface area contributed by atoms with Crippen molar-refractivity contribution in [3.63, 3.8) is 0 Å². The maximum absolute atomic E-state index is 10.0. The summed E-state index contributed by atoms with van der Waals surface area (Å²) >= 11 is 0.283. The molecule has 1 aromatic carbocycles. The van der Waals surface area contributed by atoms with E-state index in [0.29, 0.717) is 11.2 Å². The minimum Gasteiger partial charge on any atom is -0.481 e. The third kappa shape index (κ3) is 9.74. The second-order valence-electron chi connectivity index (χ2n) is 6.20. The standard InChI is InChI=1S/C17H24O2Se.C2H4O2/c1-6-17(4,18)13-12-15(16(2,3)19-5)20-14-10-8-7-9-11-14;1-2(3)4/h1,7-11,15,18H,12-13H2,2-5H3;1H3,(H,3,4). The van der Waals surface area contributed by atoms with Gasteiger partial charge in [0, 0.05) is 6.92 Å². The molecule has 0 saturated carbocycles. The number of ether oxygens (including phenoxy) is 1. The summed E-state index contributed by atoms with van der Waals surface area (Å²) in [6, 6.07) is 10.5. The van der Waals surface area contributed by atoms with E-state index < -0.39 is 11.6 Å². The van der Waals surface area contributed by atoms with Crippen LogP contribution in [0.1, 0.15) is 40.5 Å². The molecule has 0 aliphatic rings. The molecule has 24 heavy (non-hydrogen) atoms. The van der Waals surface area contributed by atoms with Gasteiger partial charge >= 0.3 is 129 Å². The third-order valence-electron chi connectivity index (χ3n) is 3.53. The van der Waals surface area contributed by atoms with Gasteiger partial charge in [-0.05, 0) is 0 Å². The van der Waals surface area contributed by atoms with Crippen LogP contribution in [0, 0.1) is 12.3 Å². The van der Waals surface area contributed by atoms with Crippen molar-refractivity contribution in [3.8, 4) is 12.3 Å². The summed E-state index contributed by atoms with van der Waals surface area (Å²) in [5.41, 5.74) is -1.25. The number of aliphatic carboxylic acids is 1. The number of rotatable bonds is 7. The molecule has 2 atom stereocenters. The van der Waals surface area contributed by atoms with Gasteiger partial charge in [-0.15, -0.1) is 0 Å². The van der Waals surface area contributed by atoms with Crippen molar-refractivity contribution >= 4 is 25.4 Å². The SMILES string of the molecule is C#CC(C)(O)CCC([Se]c1ccccc1)C(C)(C)OC.CC(=O)O. The zero-order valence-electron chi connectivity index (χ0n) is 15.1. The molecule has 0 spiro atoms. The Morgan fingerprint density at radius 1 is 1.33 bits per heavy atom. The predicted octanol–water partition coefficient (Wildman–Crippen LogP) is 2.48. The average Bonchev–Trinajstić information content (AvgIpc) is 2.51. The minimum atomic E-state index is -1.03. The summed E-state index contributed by atoms with van der Waals surface area (Å²) in [7, 11) is 1.74. The molecule has 1 aromatic rings. The Morgan fingerprint density at radius 2 is 1.83 bits per heavy atom. The number of carbonyl (C=O) groups is 1. The molecular formula is C19H28O4Se. The van der Waals surface area contributed by atoms with Gasteiger partial charge in [-0.25, -0.2) is 0 Å².